The molecule has 0 radical (unpaired) electrons. The molecule has 2 heterocycles. The van der Waals surface area contributed by atoms with Gasteiger partial charge in [-0.1, -0.05) is 6.07 Å². The molecule has 1 aromatic carbocycles. The Balaban J connectivity index is 1.75. The molecule has 3 aromatic rings. The van der Waals surface area contributed by atoms with Crippen LogP contribution < -0.4 is 10.6 Å². The van der Waals surface area contributed by atoms with Crippen LogP contribution in [0.25, 0.3) is 11.0 Å². The Labute approximate surface area is 136 Å². The van der Waals surface area contributed by atoms with Gasteiger partial charge < -0.3 is 15.1 Å². The first-order valence-corrected chi connectivity index (χ1v) is 7.21. The first-order valence-electron chi connectivity index (χ1n) is 7.21. The molecule has 0 atom stereocenters. The fourth-order valence-corrected chi connectivity index (χ4v) is 2.27. The summed E-state index contributed by atoms with van der Waals surface area (Å²) in [4.78, 5) is 27.8. The van der Waals surface area contributed by atoms with Gasteiger partial charge in [0, 0.05) is 24.5 Å². The van der Waals surface area contributed by atoms with Crippen LogP contribution in [0.2, 0.25) is 0 Å². The number of furan rings is 1. The van der Waals surface area contributed by atoms with Gasteiger partial charge in [0.2, 0.25) is 0 Å². The average Bonchev–Trinajstić information content (AvgIpc) is 3.01. The number of carbonyl (C=O) groups excluding carboxylic acids is 2. The van der Waals surface area contributed by atoms with Crippen molar-refractivity contribution >= 4 is 22.8 Å². The van der Waals surface area contributed by atoms with Gasteiger partial charge in [-0.3, -0.25) is 9.59 Å². The summed E-state index contributed by atoms with van der Waals surface area (Å²) in [5.74, 6) is -1.19. The van der Waals surface area contributed by atoms with Crippen molar-refractivity contribution in [1.82, 2.24) is 15.6 Å². The van der Waals surface area contributed by atoms with E-state index in [9.17, 15) is 14.0 Å². The van der Waals surface area contributed by atoms with Crippen molar-refractivity contribution in [2.75, 3.05) is 7.05 Å². The van der Waals surface area contributed by atoms with Crippen LogP contribution in [0.15, 0.2) is 47.1 Å². The molecule has 6 nitrogen and oxygen atoms in total. The summed E-state index contributed by atoms with van der Waals surface area (Å²) in [5.41, 5.74) is 1.47. The molecule has 0 fully saturated rings. The Morgan fingerprint density at radius 3 is 2.67 bits per heavy atom. The molecular formula is C17H14FN3O3. The second kappa shape index (κ2) is 6.49. The van der Waals surface area contributed by atoms with E-state index in [0.29, 0.717) is 16.5 Å². The second-order valence-corrected chi connectivity index (χ2v) is 5.07. The highest BCUT2D eigenvalue weighted by Gasteiger charge is 2.13. The van der Waals surface area contributed by atoms with Crippen LogP contribution in [-0.2, 0) is 6.54 Å². The minimum atomic E-state index is -0.438. The highest BCUT2D eigenvalue weighted by molar-refractivity contribution is 5.96. The topological polar surface area (TPSA) is 84.2 Å². The summed E-state index contributed by atoms with van der Waals surface area (Å²) < 4.78 is 18.7. The normalized spacial score (nSPS) is 10.6. The molecule has 2 amide bonds. The van der Waals surface area contributed by atoms with E-state index in [4.69, 9.17) is 4.42 Å². The first kappa shape index (κ1) is 15.7. The highest BCUT2D eigenvalue weighted by Crippen LogP contribution is 2.22. The predicted molar refractivity (Wildman–Crippen MR) is 85.0 cm³/mol. The smallest absolute Gasteiger partial charge is 0.270 e. The summed E-state index contributed by atoms with van der Waals surface area (Å²) in [6.45, 7) is 0.154. The summed E-state index contributed by atoms with van der Waals surface area (Å²) in [6, 6.07) is 8.80. The number of nitrogens with zero attached hydrogens (tertiary/aromatic N) is 1. The Hall–Kier alpha value is -3.22. The SMILES string of the molecule is CNC(=O)c1cccc(C(=O)NCc2coc3ccc(F)cc23)n1. The fraction of sp³-hybridized carbons (Fsp3) is 0.118. The van der Waals surface area contributed by atoms with Gasteiger partial charge in [-0.15, -0.1) is 0 Å². The molecule has 24 heavy (non-hydrogen) atoms. The zero-order valence-corrected chi connectivity index (χ0v) is 12.8. The van der Waals surface area contributed by atoms with Crippen LogP contribution in [-0.4, -0.2) is 23.8 Å². The summed E-state index contributed by atoms with van der Waals surface area (Å²) >= 11 is 0. The van der Waals surface area contributed by atoms with Crippen molar-refractivity contribution in [1.29, 1.82) is 0 Å². The summed E-state index contributed by atoms with van der Waals surface area (Å²) in [6.07, 6.45) is 1.47. The molecule has 0 spiro atoms. The third kappa shape index (κ3) is 3.10. The number of hydrogen-bond donors (Lipinski definition) is 2. The molecule has 7 heteroatoms. The number of amides is 2. The van der Waals surface area contributed by atoms with Crippen LogP contribution >= 0.6 is 0 Å². The minimum Gasteiger partial charge on any atom is -0.464 e. The molecule has 0 bridgehead atoms. The summed E-state index contributed by atoms with van der Waals surface area (Å²) in [7, 11) is 1.49. The molecule has 0 aliphatic rings. The Kier molecular flexibility index (Phi) is 4.24. The molecule has 0 aliphatic heterocycles. The van der Waals surface area contributed by atoms with Crippen molar-refractivity contribution in [2.45, 2.75) is 6.54 Å². The van der Waals surface area contributed by atoms with E-state index in [1.54, 1.807) is 6.07 Å². The van der Waals surface area contributed by atoms with E-state index in [-0.39, 0.29) is 29.7 Å². The largest absolute Gasteiger partial charge is 0.464 e. The number of fused-ring (bicyclic) bond motifs is 1. The van der Waals surface area contributed by atoms with E-state index >= 15 is 0 Å². The second-order valence-electron chi connectivity index (χ2n) is 5.07. The number of benzene rings is 1. The average molecular weight is 327 g/mol. The number of hydrogen-bond acceptors (Lipinski definition) is 4. The van der Waals surface area contributed by atoms with Gasteiger partial charge in [-0.05, 0) is 30.3 Å². The molecule has 3 rings (SSSR count). The van der Waals surface area contributed by atoms with Crippen LogP contribution in [0.5, 0.6) is 0 Å². The maximum absolute atomic E-state index is 13.3. The molecule has 122 valence electrons. The zero-order valence-electron chi connectivity index (χ0n) is 12.8. The van der Waals surface area contributed by atoms with Crippen LogP contribution in [0.1, 0.15) is 26.5 Å². The molecule has 0 saturated carbocycles. The van der Waals surface area contributed by atoms with E-state index in [2.05, 4.69) is 15.6 Å². The van der Waals surface area contributed by atoms with Gasteiger partial charge in [0.1, 0.15) is 22.8 Å². The molecule has 0 saturated heterocycles. The maximum Gasteiger partial charge on any atom is 0.270 e. The monoisotopic (exact) mass is 327 g/mol. The van der Waals surface area contributed by atoms with Gasteiger partial charge in [0.15, 0.2) is 0 Å². The van der Waals surface area contributed by atoms with E-state index in [0.717, 1.165) is 0 Å². The van der Waals surface area contributed by atoms with Gasteiger partial charge >= 0.3 is 0 Å². The van der Waals surface area contributed by atoms with Crippen molar-refractivity contribution in [3.05, 3.63) is 65.4 Å². The van der Waals surface area contributed by atoms with Crippen molar-refractivity contribution < 1.29 is 18.4 Å². The van der Waals surface area contributed by atoms with E-state index < -0.39 is 5.91 Å². The summed E-state index contributed by atoms with van der Waals surface area (Å²) in [5, 5.41) is 5.73. The van der Waals surface area contributed by atoms with E-state index in [1.807, 2.05) is 0 Å². The number of halogens is 1. The molecule has 2 aromatic heterocycles. The van der Waals surface area contributed by atoms with Crippen LogP contribution in [0.3, 0.4) is 0 Å². The molecular weight excluding hydrogens is 313 g/mol. The Bertz CT molecular complexity index is 920. The standard InChI is InChI=1S/C17H14FN3O3/c1-19-16(22)13-3-2-4-14(21-13)17(23)20-8-10-9-24-15-6-5-11(18)7-12(10)15/h2-7,9H,8H2,1H3,(H,19,22)(H,20,23). The molecule has 2 N–H and O–H groups in total. The van der Waals surface area contributed by atoms with Crippen molar-refractivity contribution in [3.63, 3.8) is 0 Å². The third-order valence-electron chi connectivity index (χ3n) is 3.50. The number of pyridine rings is 1. The number of aromatic nitrogens is 1. The minimum absolute atomic E-state index is 0.120. The molecule has 0 aliphatic carbocycles. The fourth-order valence-electron chi connectivity index (χ4n) is 2.27. The zero-order chi connectivity index (χ0) is 17.1. The quantitative estimate of drug-likeness (QED) is 0.770. The van der Waals surface area contributed by atoms with Gasteiger partial charge in [-0.25, -0.2) is 9.37 Å². The Morgan fingerprint density at radius 1 is 1.17 bits per heavy atom. The van der Waals surface area contributed by atoms with Crippen molar-refractivity contribution in [3.8, 4) is 0 Å². The Morgan fingerprint density at radius 2 is 1.92 bits per heavy atom. The lowest BCUT2D eigenvalue weighted by Crippen LogP contribution is -2.25. The predicted octanol–water partition coefficient (Wildman–Crippen LogP) is 2.26. The highest BCUT2D eigenvalue weighted by atomic mass is 19.1. The lowest BCUT2D eigenvalue weighted by atomic mass is 10.1. The lowest BCUT2D eigenvalue weighted by Gasteiger charge is -2.05. The number of nitrogens with one attached hydrogen (secondary N) is 2. The van der Waals surface area contributed by atoms with Gasteiger partial charge in [-0.2, -0.15) is 0 Å². The maximum atomic E-state index is 13.3. The van der Waals surface area contributed by atoms with Crippen LogP contribution in [0.4, 0.5) is 4.39 Å². The van der Waals surface area contributed by atoms with Gasteiger partial charge in [0.05, 0.1) is 6.26 Å². The third-order valence-corrected chi connectivity index (χ3v) is 3.50. The first-order chi connectivity index (χ1) is 11.6. The van der Waals surface area contributed by atoms with E-state index in [1.165, 1.54) is 43.6 Å². The number of carbonyl (C=O) groups is 2. The van der Waals surface area contributed by atoms with Crippen molar-refractivity contribution in [2.24, 2.45) is 0 Å². The van der Waals surface area contributed by atoms with Gasteiger partial charge in [0.25, 0.3) is 11.8 Å². The lowest BCUT2D eigenvalue weighted by molar-refractivity contribution is 0.0944. The number of rotatable bonds is 4. The van der Waals surface area contributed by atoms with Crippen LogP contribution in [0, 0.1) is 5.82 Å². The molecule has 0 unspecified atom stereocenters.